The molecule has 0 aromatic heterocycles. The van der Waals surface area contributed by atoms with E-state index in [1.165, 1.54) is 0 Å². The van der Waals surface area contributed by atoms with Crippen molar-refractivity contribution in [1.29, 1.82) is 0 Å². The number of rotatable bonds is 6. The van der Waals surface area contributed by atoms with Crippen molar-refractivity contribution in [2.45, 2.75) is 30.5 Å². The molecule has 20 heavy (non-hydrogen) atoms. The monoisotopic (exact) mass is 334 g/mol. The van der Waals surface area contributed by atoms with E-state index in [-0.39, 0.29) is 17.3 Å². The first kappa shape index (κ1) is 18.1. The fraction of sp³-hybridized carbons (Fsp3) is 1.00. The van der Waals surface area contributed by atoms with Crippen molar-refractivity contribution >= 4 is 21.3 Å². The van der Waals surface area contributed by atoms with Gasteiger partial charge in [0.05, 0.1) is 6.61 Å². The van der Waals surface area contributed by atoms with E-state index in [9.17, 15) is 33.4 Å². The highest BCUT2D eigenvalue weighted by Gasteiger charge is 2.42. The van der Waals surface area contributed by atoms with Crippen molar-refractivity contribution in [3.63, 3.8) is 0 Å². The number of hydrogen-bond donors (Lipinski definition) is 5. The fourth-order valence-electron chi connectivity index (χ4n) is 1.86. The van der Waals surface area contributed by atoms with Crippen LogP contribution >= 0.6 is 0 Å². The minimum absolute atomic E-state index is 0.0679. The van der Waals surface area contributed by atoms with E-state index in [0.29, 0.717) is 0 Å². The zero-order valence-corrected chi connectivity index (χ0v) is 12.0. The van der Waals surface area contributed by atoms with Gasteiger partial charge in [-0.15, -0.1) is 0 Å². The van der Waals surface area contributed by atoms with Crippen molar-refractivity contribution in [3.05, 3.63) is 0 Å². The van der Waals surface area contributed by atoms with Crippen LogP contribution in [-0.2, 0) is 25.5 Å². The second-order valence-electron chi connectivity index (χ2n) is 4.53. The molecule has 9 nitrogen and oxygen atoms in total. The Morgan fingerprint density at radius 2 is 1.75 bits per heavy atom. The highest BCUT2D eigenvalue weighted by Crippen LogP contribution is 2.18. The van der Waals surface area contributed by atoms with Crippen LogP contribution in [0, 0.1) is 0 Å². The van der Waals surface area contributed by atoms with Gasteiger partial charge in [0.25, 0.3) is 0 Å². The van der Waals surface area contributed by atoms with Crippen molar-refractivity contribution in [3.8, 4) is 0 Å². The minimum Gasteiger partial charge on any atom is -0.726 e. The number of aliphatic hydroxyl groups is 5. The first-order valence-electron chi connectivity index (χ1n) is 5.75. The Hall–Kier alpha value is 0.0200. The van der Waals surface area contributed by atoms with Crippen LogP contribution in [0.4, 0.5) is 0 Å². The van der Waals surface area contributed by atoms with Gasteiger partial charge in [0.1, 0.15) is 47.8 Å². The summed E-state index contributed by atoms with van der Waals surface area (Å²) in [6.07, 6.45) is -6.59. The van der Waals surface area contributed by atoms with Crippen LogP contribution in [0.3, 0.4) is 0 Å². The molecule has 5 N–H and O–H groups in total. The highest BCUT2D eigenvalue weighted by molar-refractivity contribution is 7.97. The maximum absolute atomic E-state index is 10.4. The second-order valence-corrected chi connectivity index (χ2v) is 7.76. The van der Waals surface area contributed by atoms with Crippen LogP contribution in [0.1, 0.15) is 0 Å². The standard InChI is InChI=1S/C9H18O9S2/c10-1-8(18-20(15,16)17)5(11)2-19-3-6(12)9(14)7(13)4-19/h5-14H,1-4H2/t5-,6-,7+,8-,9?,19?/m1/s1. The third-order valence-corrected chi connectivity index (χ3v) is 5.78. The third-order valence-electron chi connectivity index (χ3n) is 2.86. The van der Waals surface area contributed by atoms with Gasteiger partial charge >= 0.3 is 0 Å². The lowest BCUT2D eigenvalue weighted by molar-refractivity contribution is -0.0456. The van der Waals surface area contributed by atoms with E-state index in [2.05, 4.69) is 4.18 Å². The lowest BCUT2D eigenvalue weighted by Crippen LogP contribution is -2.53. The van der Waals surface area contributed by atoms with Gasteiger partial charge in [-0.2, -0.15) is 0 Å². The third kappa shape index (κ3) is 5.42. The molecule has 0 aliphatic carbocycles. The summed E-state index contributed by atoms with van der Waals surface area (Å²) in [7, 11) is -5.76. The fourth-order valence-corrected chi connectivity index (χ4v) is 4.82. The Kier molecular flexibility index (Phi) is 6.63. The van der Waals surface area contributed by atoms with Crippen LogP contribution in [0.2, 0.25) is 0 Å². The van der Waals surface area contributed by atoms with E-state index in [1.54, 1.807) is 0 Å². The SMILES string of the molecule is O=S(=O)([O-])O[C@H](CO)[C@H](O)C[S+]1C[C@@H](O)C(O)[C@@H](O)C1. The second kappa shape index (κ2) is 7.33. The average molecular weight is 334 g/mol. The molecule has 6 atom stereocenters. The quantitative estimate of drug-likeness (QED) is 0.184. The summed E-state index contributed by atoms with van der Waals surface area (Å²) in [6, 6.07) is 0. The Bertz CT molecular complexity index is 388. The Labute approximate surface area is 119 Å². The van der Waals surface area contributed by atoms with E-state index < -0.39 is 58.4 Å². The van der Waals surface area contributed by atoms with E-state index in [4.69, 9.17) is 5.11 Å². The van der Waals surface area contributed by atoms with Crippen LogP contribution in [0.15, 0.2) is 0 Å². The molecule has 120 valence electrons. The molecule has 11 heteroatoms. The van der Waals surface area contributed by atoms with Crippen molar-refractivity contribution < 1.29 is 42.7 Å². The lowest BCUT2D eigenvalue weighted by atomic mass is 10.1. The molecule has 1 aliphatic heterocycles. The average Bonchev–Trinajstić information content (AvgIpc) is 2.31. The van der Waals surface area contributed by atoms with Crippen LogP contribution in [0.25, 0.3) is 0 Å². The van der Waals surface area contributed by atoms with Crippen molar-refractivity contribution in [1.82, 2.24) is 0 Å². The predicted molar refractivity (Wildman–Crippen MR) is 67.6 cm³/mol. The molecule has 0 spiro atoms. The summed E-state index contributed by atoms with van der Waals surface area (Å²) in [5.74, 6) is 0.177. The van der Waals surface area contributed by atoms with Crippen LogP contribution in [-0.4, -0.2) is 92.9 Å². The first-order chi connectivity index (χ1) is 9.14. The number of hydrogen-bond acceptors (Lipinski definition) is 9. The van der Waals surface area contributed by atoms with Gasteiger partial charge in [-0.05, 0) is 10.9 Å². The molecule has 1 aliphatic rings. The molecular formula is C9H18O9S2. The summed E-state index contributed by atoms with van der Waals surface area (Å²) in [5.41, 5.74) is 0. The molecule has 0 radical (unpaired) electrons. The van der Waals surface area contributed by atoms with Crippen molar-refractivity contribution in [2.75, 3.05) is 23.9 Å². The molecule has 0 bridgehead atoms. The zero-order chi connectivity index (χ0) is 15.5. The number of aliphatic hydroxyl groups excluding tert-OH is 5. The van der Waals surface area contributed by atoms with Gasteiger partial charge in [0.15, 0.2) is 0 Å². The Balaban J connectivity index is 2.58. The van der Waals surface area contributed by atoms with Gasteiger partial charge in [-0.3, -0.25) is 4.18 Å². The van der Waals surface area contributed by atoms with Gasteiger partial charge in [0.2, 0.25) is 10.4 Å². The largest absolute Gasteiger partial charge is 0.726 e. The van der Waals surface area contributed by atoms with Gasteiger partial charge < -0.3 is 30.1 Å². The van der Waals surface area contributed by atoms with Crippen LogP contribution in [0.5, 0.6) is 0 Å². The molecule has 1 rings (SSSR count). The van der Waals surface area contributed by atoms with E-state index in [0.717, 1.165) is 0 Å². The first-order valence-corrected chi connectivity index (χ1v) is 8.82. The normalized spacial score (nSPS) is 34.7. The maximum Gasteiger partial charge on any atom is 0.218 e. The topological polar surface area (TPSA) is 168 Å². The lowest BCUT2D eigenvalue weighted by Gasteiger charge is -2.30. The van der Waals surface area contributed by atoms with Crippen LogP contribution < -0.4 is 0 Å². The van der Waals surface area contributed by atoms with E-state index in [1.807, 2.05) is 0 Å². The molecule has 0 aromatic rings. The summed E-state index contributed by atoms with van der Waals surface area (Å²) in [4.78, 5) is 0. The van der Waals surface area contributed by atoms with Crippen molar-refractivity contribution in [2.24, 2.45) is 0 Å². The molecule has 2 unspecified atom stereocenters. The summed E-state index contributed by atoms with van der Waals surface area (Å²) >= 11 is 0. The molecule has 0 aromatic carbocycles. The Morgan fingerprint density at radius 3 is 2.15 bits per heavy atom. The highest BCUT2D eigenvalue weighted by atomic mass is 32.3. The van der Waals surface area contributed by atoms with Gasteiger partial charge in [-0.1, -0.05) is 0 Å². The predicted octanol–water partition coefficient (Wildman–Crippen LogP) is -4.10. The zero-order valence-electron chi connectivity index (χ0n) is 10.4. The smallest absolute Gasteiger partial charge is 0.218 e. The van der Waals surface area contributed by atoms with Gasteiger partial charge in [0, 0.05) is 0 Å². The molecular weight excluding hydrogens is 316 g/mol. The van der Waals surface area contributed by atoms with Gasteiger partial charge in [-0.25, -0.2) is 8.42 Å². The summed E-state index contributed by atoms with van der Waals surface area (Å²) < 4.78 is 35.3. The molecule has 0 saturated carbocycles. The molecule has 0 amide bonds. The molecule has 1 heterocycles. The maximum atomic E-state index is 10.4. The molecule has 1 fully saturated rings. The van der Waals surface area contributed by atoms with E-state index >= 15 is 0 Å². The molecule has 1 saturated heterocycles. The summed E-state index contributed by atoms with van der Waals surface area (Å²) in [5, 5.41) is 47.0. The Morgan fingerprint density at radius 1 is 1.25 bits per heavy atom. The summed E-state index contributed by atoms with van der Waals surface area (Å²) in [6.45, 7) is -0.867. The minimum atomic E-state index is -5.06.